The first-order valence-electron chi connectivity index (χ1n) is 8.33. The van der Waals surface area contributed by atoms with Crippen molar-refractivity contribution in [3.05, 3.63) is 64.8 Å². The van der Waals surface area contributed by atoms with E-state index in [1.807, 2.05) is 60.7 Å². The molecule has 3 aromatic rings. The van der Waals surface area contributed by atoms with E-state index in [2.05, 4.69) is 4.90 Å². The summed E-state index contributed by atoms with van der Waals surface area (Å²) in [6.07, 6.45) is 4.06. The Balaban J connectivity index is 1.75. The SMILES string of the molecule is Clc1ccc(/C=C/c2nc3ccccc3nc2N2CCOCC2)cc1. The van der Waals surface area contributed by atoms with Crippen LogP contribution in [0.25, 0.3) is 23.2 Å². The van der Waals surface area contributed by atoms with Crippen molar-refractivity contribution in [1.82, 2.24) is 9.97 Å². The highest BCUT2D eigenvalue weighted by Gasteiger charge is 2.17. The van der Waals surface area contributed by atoms with E-state index in [1.165, 1.54) is 0 Å². The van der Waals surface area contributed by atoms with Crippen LogP contribution in [0.2, 0.25) is 5.02 Å². The van der Waals surface area contributed by atoms with Crippen molar-refractivity contribution in [2.24, 2.45) is 0 Å². The molecule has 0 N–H and O–H groups in total. The van der Waals surface area contributed by atoms with Crippen LogP contribution in [0.1, 0.15) is 11.3 Å². The van der Waals surface area contributed by atoms with Gasteiger partial charge in [0.15, 0.2) is 5.82 Å². The van der Waals surface area contributed by atoms with Gasteiger partial charge in [-0.15, -0.1) is 0 Å². The molecule has 126 valence electrons. The van der Waals surface area contributed by atoms with Crippen molar-refractivity contribution in [1.29, 1.82) is 0 Å². The van der Waals surface area contributed by atoms with Crippen molar-refractivity contribution in [3.63, 3.8) is 0 Å². The van der Waals surface area contributed by atoms with Crippen LogP contribution in [0.15, 0.2) is 48.5 Å². The van der Waals surface area contributed by atoms with Crippen LogP contribution in [0.3, 0.4) is 0 Å². The van der Waals surface area contributed by atoms with Crippen molar-refractivity contribution in [3.8, 4) is 0 Å². The van der Waals surface area contributed by atoms with E-state index in [0.29, 0.717) is 0 Å². The lowest BCUT2D eigenvalue weighted by Gasteiger charge is -2.28. The highest BCUT2D eigenvalue weighted by Crippen LogP contribution is 2.23. The zero-order valence-electron chi connectivity index (χ0n) is 13.7. The van der Waals surface area contributed by atoms with Crippen LogP contribution in [0, 0.1) is 0 Å². The Morgan fingerprint density at radius 2 is 1.56 bits per heavy atom. The van der Waals surface area contributed by atoms with Gasteiger partial charge in [0.05, 0.1) is 24.2 Å². The van der Waals surface area contributed by atoms with Crippen molar-refractivity contribution >= 4 is 40.6 Å². The topological polar surface area (TPSA) is 38.2 Å². The second kappa shape index (κ2) is 7.21. The summed E-state index contributed by atoms with van der Waals surface area (Å²) in [6.45, 7) is 3.09. The smallest absolute Gasteiger partial charge is 0.155 e. The number of aromatic nitrogens is 2. The molecule has 1 saturated heterocycles. The molecule has 2 aromatic carbocycles. The molecule has 1 aliphatic rings. The Morgan fingerprint density at radius 3 is 2.28 bits per heavy atom. The van der Waals surface area contributed by atoms with Crippen molar-refractivity contribution in [2.75, 3.05) is 31.2 Å². The summed E-state index contributed by atoms with van der Waals surface area (Å²) in [6, 6.07) is 15.7. The van der Waals surface area contributed by atoms with Gasteiger partial charge in [-0.1, -0.05) is 41.9 Å². The van der Waals surface area contributed by atoms with Crippen LogP contribution in [0.5, 0.6) is 0 Å². The molecule has 0 aliphatic carbocycles. The minimum absolute atomic E-state index is 0.717. The van der Waals surface area contributed by atoms with Gasteiger partial charge in [-0.25, -0.2) is 9.97 Å². The molecule has 1 aromatic heterocycles. The fourth-order valence-electron chi connectivity index (χ4n) is 2.87. The number of morpholine rings is 1. The van der Waals surface area contributed by atoms with E-state index in [1.54, 1.807) is 0 Å². The maximum absolute atomic E-state index is 5.96. The van der Waals surface area contributed by atoms with Gasteiger partial charge >= 0.3 is 0 Å². The first kappa shape index (κ1) is 16.1. The molecule has 0 amide bonds. The summed E-state index contributed by atoms with van der Waals surface area (Å²) in [4.78, 5) is 11.9. The first-order valence-corrected chi connectivity index (χ1v) is 8.70. The second-order valence-electron chi connectivity index (χ2n) is 5.91. The van der Waals surface area contributed by atoms with E-state index in [4.69, 9.17) is 26.3 Å². The summed E-state index contributed by atoms with van der Waals surface area (Å²) in [7, 11) is 0. The molecule has 4 rings (SSSR count). The van der Waals surface area contributed by atoms with Crippen LogP contribution >= 0.6 is 11.6 Å². The number of benzene rings is 2. The van der Waals surface area contributed by atoms with Gasteiger partial charge in [0, 0.05) is 18.1 Å². The molecule has 0 spiro atoms. The molecule has 0 radical (unpaired) electrons. The molecular weight excluding hydrogens is 334 g/mol. The van der Waals surface area contributed by atoms with Gasteiger partial charge in [0.1, 0.15) is 5.69 Å². The second-order valence-corrected chi connectivity index (χ2v) is 6.34. The molecule has 1 aliphatic heterocycles. The third-order valence-corrected chi connectivity index (χ3v) is 4.44. The summed E-state index contributed by atoms with van der Waals surface area (Å²) < 4.78 is 5.47. The highest BCUT2D eigenvalue weighted by atomic mass is 35.5. The minimum atomic E-state index is 0.717. The molecule has 5 heteroatoms. The summed E-state index contributed by atoms with van der Waals surface area (Å²) in [5.74, 6) is 0.909. The Bertz CT molecular complexity index is 902. The maximum atomic E-state index is 5.96. The predicted molar refractivity (Wildman–Crippen MR) is 103 cm³/mol. The van der Waals surface area contributed by atoms with E-state index >= 15 is 0 Å². The van der Waals surface area contributed by atoms with Crippen LogP contribution in [0.4, 0.5) is 5.82 Å². The lowest BCUT2D eigenvalue weighted by molar-refractivity contribution is 0.122. The Hall–Kier alpha value is -2.43. The minimum Gasteiger partial charge on any atom is -0.378 e. The first-order chi connectivity index (χ1) is 12.3. The molecule has 25 heavy (non-hydrogen) atoms. The Labute approximate surface area is 151 Å². The third-order valence-electron chi connectivity index (χ3n) is 4.19. The van der Waals surface area contributed by atoms with Gasteiger partial charge in [0.25, 0.3) is 0 Å². The standard InChI is InChI=1S/C20H18ClN3O/c21-16-8-5-15(6-9-16)7-10-19-20(24-11-13-25-14-12-24)23-18-4-2-1-3-17(18)22-19/h1-10H,11-14H2/b10-7+. The van der Waals surface area contributed by atoms with Gasteiger partial charge < -0.3 is 9.64 Å². The monoisotopic (exact) mass is 351 g/mol. The highest BCUT2D eigenvalue weighted by molar-refractivity contribution is 6.30. The average Bonchev–Trinajstić information content (AvgIpc) is 2.67. The Morgan fingerprint density at radius 1 is 0.880 bits per heavy atom. The van der Waals surface area contributed by atoms with Crippen LogP contribution in [-0.2, 0) is 4.74 Å². The quantitative estimate of drug-likeness (QED) is 0.705. The zero-order valence-corrected chi connectivity index (χ0v) is 14.5. The third kappa shape index (κ3) is 3.65. The molecule has 0 saturated carbocycles. The lowest BCUT2D eigenvalue weighted by atomic mass is 10.2. The molecule has 2 heterocycles. The van der Waals surface area contributed by atoms with E-state index in [-0.39, 0.29) is 0 Å². The Kier molecular flexibility index (Phi) is 4.63. The number of ether oxygens (including phenoxy) is 1. The molecule has 0 unspecified atom stereocenters. The number of hydrogen-bond acceptors (Lipinski definition) is 4. The fraction of sp³-hybridized carbons (Fsp3) is 0.200. The fourth-order valence-corrected chi connectivity index (χ4v) is 3.00. The normalized spacial score (nSPS) is 15.2. The number of hydrogen-bond donors (Lipinski definition) is 0. The number of halogens is 1. The van der Waals surface area contributed by atoms with Crippen molar-refractivity contribution < 1.29 is 4.74 Å². The molecular formula is C20H18ClN3O. The summed E-state index contributed by atoms with van der Waals surface area (Å²) >= 11 is 5.96. The molecule has 1 fully saturated rings. The van der Waals surface area contributed by atoms with Gasteiger partial charge in [-0.2, -0.15) is 0 Å². The molecule has 4 nitrogen and oxygen atoms in total. The van der Waals surface area contributed by atoms with Gasteiger partial charge in [0.2, 0.25) is 0 Å². The molecule has 0 atom stereocenters. The van der Waals surface area contributed by atoms with E-state index in [9.17, 15) is 0 Å². The average molecular weight is 352 g/mol. The number of anilines is 1. The largest absolute Gasteiger partial charge is 0.378 e. The van der Waals surface area contributed by atoms with Gasteiger partial charge in [-0.05, 0) is 35.9 Å². The van der Waals surface area contributed by atoms with Crippen molar-refractivity contribution in [2.45, 2.75) is 0 Å². The lowest BCUT2D eigenvalue weighted by Crippen LogP contribution is -2.37. The van der Waals surface area contributed by atoms with E-state index < -0.39 is 0 Å². The number of rotatable bonds is 3. The summed E-state index contributed by atoms with van der Waals surface area (Å²) in [5.41, 5.74) is 3.76. The number of nitrogens with zero attached hydrogens (tertiary/aromatic N) is 3. The van der Waals surface area contributed by atoms with Crippen LogP contribution < -0.4 is 4.90 Å². The number of fused-ring (bicyclic) bond motifs is 1. The maximum Gasteiger partial charge on any atom is 0.155 e. The zero-order chi connectivity index (χ0) is 17.1. The van der Waals surface area contributed by atoms with E-state index in [0.717, 1.165) is 59.4 Å². The predicted octanol–water partition coefficient (Wildman–Crippen LogP) is 4.29. The molecule has 0 bridgehead atoms. The number of para-hydroxylation sites is 2. The summed E-state index contributed by atoms with van der Waals surface area (Å²) in [5, 5.41) is 0.733. The van der Waals surface area contributed by atoms with Gasteiger partial charge in [-0.3, -0.25) is 0 Å². The van der Waals surface area contributed by atoms with Crippen LogP contribution in [-0.4, -0.2) is 36.3 Å².